The van der Waals surface area contributed by atoms with Crippen LogP contribution in [0.3, 0.4) is 0 Å². The lowest BCUT2D eigenvalue weighted by Gasteiger charge is -2.06. The minimum atomic E-state index is -2.32. The van der Waals surface area contributed by atoms with Crippen molar-refractivity contribution in [3.63, 3.8) is 0 Å². The molecule has 0 unspecified atom stereocenters. The van der Waals surface area contributed by atoms with Gasteiger partial charge >= 0.3 is 6.00 Å². The molecule has 0 radical (unpaired) electrons. The van der Waals surface area contributed by atoms with Crippen molar-refractivity contribution in [2.24, 2.45) is 0 Å². The number of unbranched alkanes of at least 4 members (excludes halogenated alkanes) is 10. The average molecular weight is 362 g/mol. The molecule has 0 saturated carbocycles. The summed E-state index contributed by atoms with van der Waals surface area (Å²) in [6, 6.07) is -1.50. The summed E-state index contributed by atoms with van der Waals surface area (Å²) in [4.78, 5) is 0. The van der Waals surface area contributed by atoms with Crippen molar-refractivity contribution in [3.05, 3.63) is 0 Å². The van der Waals surface area contributed by atoms with Crippen LogP contribution in [0.5, 0.6) is 0 Å². The van der Waals surface area contributed by atoms with Gasteiger partial charge in [-0.15, -0.1) is 33.2 Å². The maximum atomic E-state index is 5.78. The van der Waals surface area contributed by atoms with Crippen LogP contribution in [0.15, 0.2) is 0 Å². The predicted molar refractivity (Wildman–Crippen MR) is 101 cm³/mol. The molecule has 0 saturated heterocycles. The molecule has 0 rings (SSSR count). The van der Waals surface area contributed by atoms with Crippen molar-refractivity contribution < 1.29 is 0 Å². The van der Waals surface area contributed by atoms with Gasteiger partial charge in [0.15, 0.2) is 0 Å². The van der Waals surface area contributed by atoms with Gasteiger partial charge in [-0.1, -0.05) is 97.8 Å². The summed E-state index contributed by atoms with van der Waals surface area (Å²) in [5, 5.41) is 0. The van der Waals surface area contributed by atoms with Crippen LogP contribution in [0, 0.1) is 0 Å². The van der Waals surface area contributed by atoms with E-state index in [1.165, 1.54) is 70.6 Å². The fourth-order valence-corrected chi connectivity index (χ4v) is 3.81. The summed E-state index contributed by atoms with van der Waals surface area (Å²) < 4.78 is 0. The van der Waals surface area contributed by atoms with Gasteiger partial charge in [-0.25, -0.2) is 0 Å². The second-order valence-corrected chi connectivity index (χ2v) is 14.8. The predicted octanol–water partition coefficient (Wildman–Crippen LogP) is 8.37. The Kier molecular flexibility index (Phi) is 21.2. The van der Waals surface area contributed by atoms with Crippen LogP contribution < -0.4 is 0 Å². The molecule has 124 valence electrons. The first kappa shape index (κ1) is 23.4. The Morgan fingerprint density at radius 1 is 0.500 bits per heavy atom. The first-order valence-corrected chi connectivity index (χ1v) is 13.8. The molecule has 0 aromatic heterocycles. The first-order valence-electron chi connectivity index (χ1n) is 8.54. The van der Waals surface area contributed by atoms with E-state index in [0.717, 1.165) is 12.5 Å². The Hall–Kier alpha value is 1.09. The fraction of sp³-hybridized carbons (Fsp3) is 1.00. The van der Waals surface area contributed by atoms with Crippen LogP contribution >= 0.6 is 33.2 Å². The van der Waals surface area contributed by atoms with E-state index in [4.69, 9.17) is 33.2 Å². The molecule has 0 heterocycles. The van der Waals surface area contributed by atoms with E-state index < -0.39 is 6.00 Å². The zero-order valence-electron chi connectivity index (χ0n) is 13.8. The van der Waals surface area contributed by atoms with E-state index in [0.29, 0.717) is 0 Å². The van der Waals surface area contributed by atoms with Crippen molar-refractivity contribution in [2.75, 3.05) is 0 Å². The monoisotopic (exact) mass is 360 g/mol. The lowest BCUT2D eigenvalue weighted by Crippen LogP contribution is -2.07. The highest BCUT2D eigenvalue weighted by Crippen LogP contribution is 2.27. The van der Waals surface area contributed by atoms with Gasteiger partial charge in [0.05, 0.1) is 0 Å². The molecule has 0 atom stereocenters. The van der Waals surface area contributed by atoms with E-state index >= 15 is 0 Å². The Labute approximate surface area is 143 Å². The first-order chi connectivity index (χ1) is 9.47. The fourth-order valence-electron chi connectivity index (χ4n) is 1.96. The van der Waals surface area contributed by atoms with Crippen molar-refractivity contribution in [1.82, 2.24) is 0 Å². The average Bonchev–Trinajstić information content (AvgIpc) is 2.39. The second kappa shape index (κ2) is 18.1. The number of hydrogen-bond donors (Lipinski definition) is 0. The van der Waals surface area contributed by atoms with E-state index in [9.17, 15) is 0 Å². The van der Waals surface area contributed by atoms with Crippen molar-refractivity contribution in [3.8, 4) is 0 Å². The maximum absolute atomic E-state index is 5.78. The molecule has 0 aliphatic rings. The highest BCUT2D eigenvalue weighted by atomic mass is 35.8. The molecule has 0 bridgehead atoms. The summed E-state index contributed by atoms with van der Waals surface area (Å²) in [6.07, 6.45) is 16.0. The molecule has 0 amide bonds. The number of halogens is 3. The van der Waals surface area contributed by atoms with Gasteiger partial charge in [0.1, 0.15) is 0 Å². The second-order valence-electron chi connectivity index (χ2n) is 5.55. The molecule has 0 N–H and O–H groups in total. The summed E-state index contributed by atoms with van der Waals surface area (Å²) in [7, 11) is 0. The van der Waals surface area contributed by atoms with Gasteiger partial charge in [-0.3, -0.25) is 0 Å². The Bertz CT molecular complexity index is 166. The van der Waals surface area contributed by atoms with Gasteiger partial charge < -0.3 is 0 Å². The zero-order valence-corrected chi connectivity index (χ0v) is 17.1. The smallest absolute Gasteiger partial charge is 0.126 e. The summed E-state index contributed by atoms with van der Waals surface area (Å²) in [6.45, 7) is 6.71. The van der Waals surface area contributed by atoms with Gasteiger partial charge in [0.25, 0.3) is 0 Å². The highest BCUT2D eigenvalue weighted by molar-refractivity contribution is 7.64. The van der Waals surface area contributed by atoms with Crippen LogP contribution in [-0.2, 0) is 0 Å². The van der Waals surface area contributed by atoms with Crippen LogP contribution in [-0.4, -0.2) is 6.00 Å². The molecular weight excluding hydrogens is 327 g/mol. The van der Waals surface area contributed by atoms with Crippen molar-refractivity contribution in [1.29, 1.82) is 0 Å². The van der Waals surface area contributed by atoms with Crippen LogP contribution in [0.4, 0.5) is 0 Å². The summed E-state index contributed by atoms with van der Waals surface area (Å²) >= 11 is 17.4. The Morgan fingerprint density at radius 3 is 1.15 bits per heavy atom. The molecule has 0 aliphatic carbocycles. The molecule has 0 spiro atoms. The van der Waals surface area contributed by atoms with Crippen LogP contribution in [0.25, 0.3) is 0 Å². The van der Waals surface area contributed by atoms with E-state index in [-0.39, 0.29) is 0 Å². The Balaban J connectivity index is 0. The summed E-state index contributed by atoms with van der Waals surface area (Å²) in [5.41, 5.74) is 0. The molecule has 4 heteroatoms. The van der Waals surface area contributed by atoms with Crippen LogP contribution in [0.1, 0.15) is 97.8 Å². The minimum absolute atomic E-state index is 0.826. The lowest BCUT2D eigenvalue weighted by molar-refractivity contribution is 0.585. The molecule has 0 aromatic carbocycles. The lowest BCUT2D eigenvalue weighted by atomic mass is 10.1. The van der Waals surface area contributed by atoms with Gasteiger partial charge in [-0.2, -0.15) is 0 Å². The Morgan fingerprint density at radius 2 is 0.800 bits per heavy atom. The normalized spacial score (nSPS) is 11.1. The highest BCUT2D eigenvalue weighted by Gasteiger charge is 2.23. The van der Waals surface area contributed by atoms with Gasteiger partial charge in [-0.05, 0) is 6.04 Å². The topological polar surface area (TPSA) is 0 Å². The molecule has 20 heavy (non-hydrogen) atoms. The quantitative estimate of drug-likeness (QED) is 0.186. The van der Waals surface area contributed by atoms with Crippen molar-refractivity contribution in [2.45, 2.75) is 104 Å². The largest absolute Gasteiger partial charge is 0.341 e. The third-order valence-electron chi connectivity index (χ3n) is 3.27. The van der Waals surface area contributed by atoms with Crippen molar-refractivity contribution >= 4 is 39.2 Å². The third-order valence-corrected chi connectivity index (χ3v) is 5.89. The van der Waals surface area contributed by atoms with Crippen LogP contribution in [0.2, 0.25) is 6.04 Å². The van der Waals surface area contributed by atoms with Gasteiger partial charge in [0, 0.05) is 0 Å². The molecule has 0 fully saturated rings. The minimum Gasteiger partial charge on any atom is -0.126 e. The summed E-state index contributed by atoms with van der Waals surface area (Å²) in [5.74, 6) is 0. The SMILES string of the molecule is CCCCCC.CCCCCCCCCC[Si](Cl)(Cl)Cl. The van der Waals surface area contributed by atoms with Gasteiger partial charge in [0.2, 0.25) is 0 Å². The molecular formula is C16H35Cl3Si. The standard InChI is InChI=1S/C10H21Cl3Si.C6H14/c1-2-3-4-5-6-7-8-9-10-14(11,12)13;1-3-5-6-4-2/h2-10H2,1H3;3-6H2,1-2H3. The molecule has 0 aliphatic heterocycles. The molecule has 0 nitrogen and oxygen atoms in total. The number of hydrogen-bond acceptors (Lipinski definition) is 0. The molecule has 0 aromatic rings. The zero-order chi connectivity index (χ0) is 15.7. The third kappa shape index (κ3) is 27.4. The van der Waals surface area contributed by atoms with E-state index in [1.54, 1.807) is 0 Å². The van der Waals surface area contributed by atoms with E-state index in [2.05, 4.69) is 20.8 Å². The maximum Gasteiger partial charge on any atom is 0.341 e. The number of rotatable bonds is 12. The van der Waals surface area contributed by atoms with E-state index in [1.807, 2.05) is 0 Å².